The maximum atomic E-state index is 12.5. The predicted octanol–water partition coefficient (Wildman–Crippen LogP) is 5.52. The number of ether oxygens (including phenoxy) is 2. The second-order valence-corrected chi connectivity index (χ2v) is 13.7. The molecule has 3 unspecified atom stereocenters. The predicted molar refractivity (Wildman–Crippen MR) is 145 cm³/mol. The monoisotopic (exact) mass is 511 g/mol. The molecule has 206 valence electrons. The second-order valence-electron chi connectivity index (χ2n) is 13.7. The second kappa shape index (κ2) is 9.50. The van der Waals surface area contributed by atoms with E-state index in [4.69, 9.17) is 9.47 Å². The highest BCUT2D eigenvalue weighted by atomic mass is 16.5. The van der Waals surface area contributed by atoms with Crippen molar-refractivity contribution in [1.29, 1.82) is 0 Å². The average molecular weight is 512 g/mol. The fourth-order valence-corrected chi connectivity index (χ4v) is 10.1. The minimum atomic E-state index is -1.03. The van der Waals surface area contributed by atoms with Crippen LogP contribution in [0, 0.1) is 28.6 Å². The van der Waals surface area contributed by atoms with E-state index in [1.807, 2.05) is 24.3 Å². The van der Waals surface area contributed by atoms with Gasteiger partial charge in [-0.1, -0.05) is 26.0 Å². The van der Waals surface area contributed by atoms with Crippen molar-refractivity contribution in [3.05, 3.63) is 29.8 Å². The van der Waals surface area contributed by atoms with Crippen molar-refractivity contribution >= 4 is 0 Å². The molecule has 5 nitrogen and oxygen atoms in total. The van der Waals surface area contributed by atoms with Crippen LogP contribution in [0.1, 0.15) is 90.0 Å². The fraction of sp³-hybridized carbons (Fsp3) is 0.812. The first-order chi connectivity index (χ1) is 17.7. The van der Waals surface area contributed by atoms with Crippen molar-refractivity contribution in [2.75, 3.05) is 33.4 Å². The molecule has 0 aromatic heterocycles. The molecule has 5 fully saturated rings. The Morgan fingerprint density at radius 2 is 1.76 bits per heavy atom. The van der Waals surface area contributed by atoms with Crippen LogP contribution in [-0.4, -0.2) is 60.2 Å². The summed E-state index contributed by atoms with van der Waals surface area (Å²) in [4.78, 5) is 2.55. The van der Waals surface area contributed by atoms with Gasteiger partial charge in [0.05, 0.1) is 31.0 Å². The van der Waals surface area contributed by atoms with Gasteiger partial charge in [-0.15, -0.1) is 0 Å². The Bertz CT molecular complexity index is 979. The lowest BCUT2D eigenvalue weighted by Gasteiger charge is -2.64. The summed E-state index contributed by atoms with van der Waals surface area (Å²) in [6.07, 6.45) is 12.2. The Morgan fingerprint density at radius 1 is 0.946 bits per heavy atom. The van der Waals surface area contributed by atoms with Gasteiger partial charge in [-0.25, -0.2) is 0 Å². The molecule has 4 aliphatic carbocycles. The molecule has 1 heterocycles. The first-order valence-electron chi connectivity index (χ1n) is 15.2. The van der Waals surface area contributed by atoms with E-state index in [9.17, 15) is 10.2 Å². The summed E-state index contributed by atoms with van der Waals surface area (Å²) in [6, 6.07) is 7.90. The number of hydrogen-bond acceptors (Lipinski definition) is 5. The first-order valence-corrected chi connectivity index (χ1v) is 15.2. The highest BCUT2D eigenvalue weighted by Crippen LogP contribution is 2.71. The summed E-state index contributed by atoms with van der Waals surface area (Å²) < 4.78 is 11.9. The first kappa shape index (κ1) is 26.1. The molecular formula is C32H49NO4. The fourth-order valence-electron chi connectivity index (χ4n) is 10.1. The van der Waals surface area contributed by atoms with Gasteiger partial charge in [0.1, 0.15) is 5.75 Å². The molecule has 1 aliphatic heterocycles. The molecule has 8 atom stereocenters. The van der Waals surface area contributed by atoms with E-state index >= 15 is 0 Å². The summed E-state index contributed by atoms with van der Waals surface area (Å²) in [5.41, 5.74) is -1.24. The number of hydrogen-bond donors (Lipinski definition) is 2. The van der Waals surface area contributed by atoms with Crippen LogP contribution in [0.4, 0.5) is 0 Å². The molecular weight excluding hydrogens is 462 g/mol. The van der Waals surface area contributed by atoms with Gasteiger partial charge in [0.2, 0.25) is 0 Å². The van der Waals surface area contributed by atoms with Crippen molar-refractivity contribution in [2.24, 2.45) is 28.6 Å². The highest BCUT2D eigenvalue weighted by molar-refractivity contribution is 5.37. The Balaban J connectivity index is 1.17. The summed E-state index contributed by atoms with van der Waals surface area (Å²) in [6.45, 7) is 9.16. The van der Waals surface area contributed by atoms with Crippen molar-refractivity contribution in [3.8, 4) is 5.75 Å². The number of nitrogens with zero attached hydrogens (tertiary/aromatic N) is 1. The Morgan fingerprint density at radius 3 is 2.54 bits per heavy atom. The molecule has 6 rings (SSSR count). The van der Waals surface area contributed by atoms with Crippen molar-refractivity contribution in [2.45, 2.75) is 102 Å². The van der Waals surface area contributed by atoms with E-state index in [2.05, 4.69) is 18.7 Å². The summed E-state index contributed by atoms with van der Waals surface area (Å²) in [5, 5.41) is 24.8. The van der Waals surface area contributed by atoms with Crippen LogP contribution in [0.5, 0.6) is 5.75 Å². The van der Waals surface area contributed by atoms with E-state index in [-0.39, 0.29) is 11.3 Å². The lowest BCUT2D eigenvalue weighted by Crippen LogP contribution is -2.64. The number of fused-ring (bicyclic) bond motifs is 5. The van der Waals surface area contributed by atoms with Crippen LogP contribution in [0.3, 0.4) is 0 Å². The number of rotatable bonds is 6. The average Bonchev–Trinajstić information content (AvgIpc) is 3.50. The topological polar surface area (TPSA) is 62.2 Å². The highest BCUT2D eigenvalue weighted by Gasteiger charge is 2.72. The largest absolute Gasteiger partial charge is 0.497 e. The summed E-state index contributed by atoms with van der Waals surface area (Å²) >= 11 is 0. The van der Waals surface area contributed by atoms with Gasteiger partial charge in [0.25, 0.3) is 0 Å². The van der Waals surface area contributed by atoms with Crippen molar-refractivity contribution in [1.82, 2.24) is 4.90 Å². The number of likely N-dealkylation sites (tertiary alicyclic amines) is 1. The minimum absolute atomic E-state index is 0.264. The molecule has 0 bridgehead atoms. The summed E-state index contributed by atoms with van der Waals surface area (Å²) in [5.74, 6) is 2.25. The van der Waals surface area contributed by atoms with E-state index in [0.717, 1.165) is 50.1 Å². The third-order valence-electron chi connectivity index (χ3n) is 12.5. The van der Waals surface area contributed by atoms with Gasteiger partial charge >= 0.3 is 0 Å². The molecule has 37 heavy (non-hydrogen) atoms. The molecule has 0 spiro atoms. The SMILES string of the molecule is COc1cccc(C2(O)CC[C@@]3(O)[C@@H]4CCC5CC(OCCN6CCCC6)CC[C@]5(C)[C@@H]4CC[C@]23C)c1. The lowest BCUT2D eigenvalue weighted by atomic mass is 9.43. The van der Waals surface area contributed by atoms with Gasteiger partial charge in [-0.05, 0) is 125 Å². The maximum Gasteiger partial charge on any atom is 0.119 e. The zero-order valence-corrected chi connectivity index (χ0v) is 23.4. The third-order valence-corrected chi connectivity index (χ3v) is 12.5. The molecule has 4 saturated carbocycles. The molecule has 1 aromatic rings. The molecule has 1 saturated heterocycles. The van der Waals surface area contributed by atoms with E-state index in [0.29, 0.717) is 30.8 Å². The Kier molecular flexibility index (Phi) is 6.70. The van der Waals surface area contributed by atoms with Crippen molar-refractivity contribution in [3.63, 3.8) is 0 Å². The van der Waals surface area contributed by atoms with E-state index in [1.165, 1.54) is 45.2 Å². The summed E-state index contributed by atoms with van der Waals surface area (Å²) in [7, 11) is 1.67. The van der Waals surface area contributed by atoms with E-state index in [1.54, 1.807) is 7.11 Å². The zero-order valence-electron chi connectivity index (χ0n) is 23.4. The third kappa shape index (κ3) is 3.93. The molecule has 0 radical (unpaired) electrons. The van der Waals surface area contributed by atoms with Gasteiger partial charge in [-0.2, -0.15) is 0 Å². The van der Waals surface area contributed by atoms with Crippen molar-refractivity contribution < 1.29 is 19.7 Å². The smallest absolute Gasteiger partial charge is 0.119 e. The minimum Gasteiger partial charge on any atom is -0.497 e. The van der Waals surface area contributed by atoms with Crippen LogP contribution in [0.25, 0.3) is 0 Å². The molecule has 2 N–H and O–H groups in total. The maximum absolute atomic E-state index is 12.5. The van der Waals surface area contributed by atoms with Crippen LogP contribution < -0.4 is 4.74 Å². The van der Waals surface area contributed by atoms with Crippen LogP contribution >= 0.6 is 0 Å². The van der Waals surface area contributed by atoms with Crippen LogP contribution in [0.15, 0.2) is 24.3 Å². The Hall–Kier alpha value is -1.14. The van der Waals surface area contributed by atoms with Crippen LogP contribution in [-0.2, 0) is 10.3 Å². The quantitative estimate of drug-likeness (QED) is 0.527. The molecule has 1 aromatic carbocycles. The lowest BCUT2D eigenvalue weighted by molar-refractivity contribution is -0.239. The zero-order chi connectivity index (χ0) is 25.9. The molecule has 5 aliphatic rings. The number of benzene rings is 1. The molecule has 5 heteroatoms. The standard InChI is InChI=1S/C32H49NO4/c1-29-13-11-26(37-20-19-33-17-4-5-18-33)21-23(29)9-10-28-27(29)12-14-30(2)31(34,15-16-32(28,30)35)24-7-6-8-25(22-24)36-3/h6-8,22-23,26-28,34-35H,4-5,9-21H2,1-3H3/t23?,26?,27-,28-,29+,30-,31?,32-/m1/s1. The van der Waals surface area contributed by atoms with Gasteiger partial charge in [-0.3, -0.25) is 0 Å². The Labute approximate surface area is 223 Å². The van der Waals surface area contributed by atoms with E-state index < -0.39 is 16.6 Å². The normalized spacial score (nSPS) is 45.8. The molecule has 0 amide bonds. The van der Waals surface area contributed by atoms with Gasteiger partial charge < -0.3 is 24.6 Å². The van der Waals surface area contributed by atoms with Crippen LogP contribution in [0.2, 0.25) is 0 Å². The number of methoxy groups -OCH3 is 1. The van der Waals surface area contributed by atoms with Gasteiger partial charge in [0.15, 0.2) is 0 Å². The number of aliphatic hydroxyl groups is 2. The van der Waals surface area contributed by atoms with Gasteiger partial charge in [0, 0.05) is 12.0 Å².